The first kappa shape index (κ1) is 18.4. The summed E-state index contributed by atoms with van der Waals surface area (Å²) in [7, 11) is 3.32. The van der Waals surface area contributed by atoms with Gasteiger partial charge < -0.3 is 19.6 Å². The van der Waals surface area contributed by atoms with Crippen LogP contribution in [0.5, 0.6) is 11.5 Å². The highest BCUT2D eigenvalue weighted by Gasteiger charge is 2.21. The Morgan fingerprint density at radius 1 is 1.17 bits per heavy atom. The van der Waals surface area contributed by atoms with Gasteiger partial charge in [-0.15, -0.1) is 5.10 Å². The maximum atomic E-state index is 6.03. The van der Waals surface area contributed by atoms with Gasteiger partial charge in [-0.3, -0.25) is 4.90 Å². The molecular weight excluding hydrogens is 384 g/mol. The number of aromatic nitrogens is 4. The molecule has 0 radical (unpaired) electrons. The van der Waals surface area contributed by atoms with Crippen LogP contribution in [0.15, 0.2) is 41.3 Å². The summed E-state index contributed by atoms with van der Waals surface area (Å²) in [5.41, 5.74) is 11.0. The van der Waals surface area contributed by atoms with E-state index in [0.717, 1.165) is 42.1 Å². The van der Waals surface area contributed by atoms with Gasteiger partial charge in [0.15, 0.2) is 23.0 Å². The van der Waals surface area contributed by atoms with Crippen molar-refractivity contribution >= 4 is 11.6 Å². The van der Waals surface area contributed by atoms with E-state index in [1.807, 2.05) is 6.07 Å². The van der Waals surface area contributed by atoms with E-state index < -0.39 is 0 Å². The molecule has 2 N–H and O–H groups in total. The Hall–Kier alpha value is -3.59. The fraction of sp³-hybridized carbons (Fsp3) is 0.286. The minimum atomic E-state index is 0.303. The number of methoxy groups -OCH3 is 2. The number of fused-ring (bicyclic) bond motifs is 2. The molecule has 30 heavy (non-hydrogen) atoms. The predicted octanol–water partition coefficient (Wildman–Crippen LogP) is 2.54. The number of nitrogen functional groups attached to an aromatic ring is 1. The quantitative estimate of drug-likeness (QED) is 0.539. The van der Waals surface area contributed by atoms with Crippen LogP contribution in [0.2, 0.25) is 0 Å². The Balaban J connectivity index is 1.45. The fourth-order valence-electron chi connectivity index (χ4n) is 3.88. The Bertz CT molecular complexity index is 1200. The Labute approximate surface area is 173 Å². The highest BCUT2D eigenvalue weighted by Crippen LogP contribution is 2.33. The standard InChI is InChI=1S/C21H22N6O3/c1-28-17-7-13-3-5-26(10-15(13)8-18(17)29-2)11-16-9-23-21(22)27-20(16)24-19(25-27)14-4-6-30-12-14/h4,6-9,12H,3,5,10-11H2,1-2H3,(H2,22,23). The molecule has 0 spiro atoms. The van der Waals surface area contributed by atoms with Crippen molar-refractivity contribution in [3.63, 3.8) is 0 Å². The van der Waals surface area contributed by atoms with Gasteiger partial charge in [-0.05, 0) is 35.7 Å². The third kappa shape index (κ3) is 3.13. The molecule has 0 bridgehead atoms. The Morgan fingerprint density at radius 2 is 1.97 bits per heavy atom. The van der Waals surface area contributed by atoms with E-state index in [9.17, 15) is 0 Å². The molecule has 1 aliphatic heterocycles. The van der Waals surface area contributed by atoms with Crippen LogP contribution < -0.4 is 15.2 Å². The maximum absolute atomic E-state index is 6.03. The van der Waals surface area contributed by atoms with E-state index in [1.165, 1.54) is 11.1 Å². The number of ether oxygens (including phenoxy) is 2. The first-order valence-electron chi connectivity index (χ1n) is 9.65. The number of benzene rings is 1. The third-order valence-electron chi connectivity index (χ3n) is 5.43. The van der Waals surface area contributed by atoms with Crippen LogP contribution in [0.3, 0.4) is 0 Å². The molecule has 9 nitrogen and oxygen atoms in total. The molecule has 9 heteroatoms. The predicted molar refractivity (Wildman–Crippen MR) is 110 cm³/mol. The number of nitrogens with zero attached hydrogens (tertiary/aromatic N) is 5. The van der Waals surface area contributed by atoms with Crippen molar-refractivity contribution in [2.75, 3.05) is 26.5 Å². The number of hydrogen-bond donors (Lipinski definition) is 1. The lowest BCUT2D eigenvalue weighted by Crippen LogP contribution is -2.30. The lowest BCUT2D eigenvalue weighted by atomic mass is 9.98. The van der Waals surface area contributed by atoms with Gasteiger partial charge in [-0.25, -0.2) is 9.97 Å². The van der Waals surface area contributed by atoms with Gasteiger partial charge in [0.05, 0.1) is 26.0 Å². The number of rotatable bonds is 5. The van der Waals surface area contributed by atoms with Crippen molar-refractivity contribution in [3.05, 3.63) is 53.6 Å². The van der Waals surface area contributed by atoms with Crippen molar-refractivity contribution in [1.29, 1.82) is 0 Å². The monoisotopic (exact) mass is 406 g/mol. The van der Waals surface area contributed by atoms with E-state index in [4.69, 9.17) is 19.6 Å². The van der Waals surface area contributed by atoms with Crippen molar-refractivity contribution < 1.29 is 13.9 Å². The highest BCUT2D eigenvalue weighted by atomic mass is 16.5. The maximum Gasteiger partial charge on any atom is 0.223 e. The molecule has 0 atom stereocenters. The average Bonchev–Trinajstić information content (AvgIpc) is 3.45. The third-order valence-corrected chi connectivity index (χ3v) is 5.43. The molecule has 0 unspecified atom stereocenters. The molecule has 0 amide bonds. The van der Waals surface area contributed by atoms with Crippen LogP contribution in [0.4, 0.5) is 5.95 Å². The summed E-state index contributed by atoms with van der Waals surface area (Å²) in [6.45, 7) is 2.41. The van der Waals surface area contributed by atoms with Crippen molar-refractivity contribution in [1.82, 2.24) is 24.5 Å². The Kier molecular flexibility index (Phi) is 4.51. The van der Waals surface area contributed by atoms with Crippen LogP contribution in [0.25, 0.3) is 17.0 Å². The van der Waals surface area contributed by atoms with Gasteiger partial charge in [0.2, 0.25) is 5.95 Å². The second-order valence-electron chi connectivity index (χ2n) is 7.26. The van der Waals surface area contributed by atoms with Gasteiger partial charge in [-0.1, -0.05) is 0 Å². The minimum Gasteiger partial charge on any atom is -0.493 e. The number of hydrogen-bond acceptors (Lipinski definition) is 8. The van der Waals surface area contributed by atoms with E-state index in [1.54, 1.807) is 37.5 Å². The van der Waals surface area contributed by atoms with Crippen LogP contribution in [0, 0.1) is 0 Å². The minimum absolute atomic E-state index is 0.303. The summed E-state index contributed by atoms with van der Waals surface area (Å²) >= 11 is 0. The van der Waals surface area contributed by atoms with Crippen molar-refractivity contribution in [3.8, 4) is 22.9 Å². The molecule has 4 aromatic rings. The second-order valence-corrected chi connectivity index (χ2v) is 7.26. The SMILES string of the molecule is COc1cc2c(cc1OC)CN(Cc1cnc(N)n3nc(-c4ccoc4)nc13)CC2. The summed E-state index contributed by atoms with van der Waals surface area (Å²) in [5, 5.41) is 4.50. The van der Waals surface area contributed by atoms with Gasteiger partial charge in [0.25, 0.3) is 0 Å². The molecule has 3 aromatic heterocycles. The zero-order chi connectivity index (χ0) is 20.7. The van der Waals surface area contributed by atoms with Gasteiger partial charge in [0, 0.05) is 31.4 Å². The summed E-state index contributed by atoms with van der Waals surface area (Å²) < 4.78 is 17.6. The summed E-state index contributed by atoms with van der Waals surface area (Å²) in [5.74, 6) is 2.38. The fourth-order valence-corrected chi connectivity index (χ4v) is 3.88. The average molecular weight is 406 g/mol. The molecular formula is C21H22N6O3. The molecule has 5 rings (SSSR count). The van der Waals surface area contributed by atoms with Crippen LogP contribution in [0.1, 0.15) is 16.7 Å². The Morgan fingerprint density at radius 3 is 2.70 bits per heavy atom. The molecule has 1 aliphatic rings. The normalized spacial score (nSPS) is 14.1. The van der Waals surface area contributed by atoms with Gasteiger partial charge in [-0.2, -0.15) is 4.52 Å². The highest BCUT2D eigenvalue weighted by molar-refractivity contribution is 5.60. The van der Waals surface area contributed by atoms with Crippen LogP contribution >= 0.6 is 0 Å². The lowest BCUT2D eigenvalue weighted by Gasteiger charge is -2.29. The van der Waals surface area contributed by atoms with Gasteiger partial charge >= 0.3 is 0 Å². The van der Waals surface area contributed by atoms with Crippen LogP contribution in [-0.4, -0.2) is 45.2 Å². The molecule has 0 fully saturated rings. The number of anilines is 1. The summed E-state index contributed by atoms with van der Waals surface area (Å²) in [6, 6.07) is 5.96. The van der Waals surface area contributed by atoms with E-state index in [0.29, 0.717) is 24.0 Å². The topological polar surface area (TPSA) is 104 Å². The van der Waals surface area contributed by atoms with Crippen molar-refractivity contribution in [2.24, 2.45) is 0 Å². The zero-order valence-electron chi connectivity index (χ0n) is 16.8. The molecule has 0 saturated heterocycles. The molecule has 4 heterocycles. The first-order chi connectivity index (χ1) is 14.7. The van der Waals surface area contributed by atoms with Crippen molar-refractivity contribution in [2.45, 2.75) is 19.5 Å². The molecule has 0 saturated carbocycles. The molecule has 1 aromatic carbocycles. The van der Waals surface area contributed by atoms with Gasteiger partial charge in [0.1, 0.15) is 6.26 Å². The van der Waals surface area contributed by atoms with E-state index in [-0.39, 0.29) is 0 Å². The first-order valence-corrected chi connectivity index (χ1v) is 9.65. The summed E-state index contributed by atoms with van der Waals surface area (Å²) in [4.78, 5) is 11.4. The smallest absolute Gasteiger partial charge is 0.223 e. The van der Waals surface area contributed by atoms with E-state index >= 15 is 0 Å². The van der Waals surface area contributed by atoms with Crippen LogP contribution in [-0.2, 0) is 19.5 Å². The number of nitrogens with two attached hydrogens (primary N) is 1. The largest absolute Gasteiger partial charge is 0.493 e. The summed E-state index contributed by atoms with van der Waals surface area (Å²) in [6.07, 6.45) is 5.92. The number of furan rings is 1. The molecule has 154 valence electrons. The lowest BCUT2D eigenvalue weighted by molar-refractivity contribution is 0.244. The zero-order valence-corrected chi connectivity index (χ0v) is 16.8. The molecule has 0 aliphatic carbocycles. The van der Waals surface area contributed by atoms with E-state index in [2.05, 4.69) is 32.1 Å². The second kappa shape index (κ2) is 7.34.